The summed E-state index contributed by atoms with van der Waals surface area (Å²) in [5.74, 6) is 1.91. The highest BCUT2D eigenvalue weighted by atomic mass is 32.2. The number of rotatable bonds is 8. The molecule has 0 amide bonds. The standard InChI is InChI=1S/C22H32N2S2/c1-4-21-10-15-25-22(26-21,11-5-13-24-14-12-23-17-24)16-19-6-8-20(9-7-19)18(2)3/h6-9,12,14,17-18,21H,4-5,10-11,13,15-16H2,1-3H3. The van der Waals surface area contributed by atoms with E-state index in [1.807, 2.05) is 12.5 Å². The molecule has 0 radical (unpaired) electrons. The Hall–Kier alpha value is -0.870. The van der Waals surface area contributed by atoms with Crippen LogP contribution in [0.25, 0.3) is 0 Å². The fraction of sp³-hybridized carbons (Fsp3) is 0.591. The molecule has 2 unspecified atom stereocenters. The van der Waals surface area contributed by atoms with Crippen LogP contribution in [0.1, 0.15) is 63.5 Å². The van der Waals surface area contributed by atoms with Crippen LogP contribution in [-0.2, 0) is 13.0 Å². The second-order valence-corrected chi connectivity index (χ2v) is 11.1. The highest BCUT2D eigenvalue weighted by Gasteiger charge is 2.37. The van der Waals surface area contributed by atoms with E-state index in [2.05, 4.69) is 84.3 Å². The molecule has 2 aromatic rings. The summed E-state index contributed by atoms with van der Waals surface area (Å²) in [6.07, 6.45) is 12.2. The molecule has 0 spiro atoms. The summed E-state index contributed by atoms with van der Waals surface area (Å²) in [7, 11) is 0. The number of hydrogen-bond acceptors (Lipinski definition) is 3. The largest absolute Gasteiger partial charge is 0.337 e. The Morgan fingerprint density at radius 3 is 2.73 bits per heavy atom. The lowest BCUT2D eigenvalue weighted by molar-refractivity contribution is 0.571. The van der Waals surface area contributed by atoms with E-state index in [1.165, 1.54) is 49.0 Å². The summed E-state index contributed by atoms with van der Waals surface area (Å²) in [6.45, 7) is 7.96. The number of imidazole rings is 1. The van der Waals surface area contributed by atoms with Gasteiger partial charge in [0.15, 0.2) is 0 Å². The summed E-state index contributed by atoms with van der Waals surface area (Å²) in [5, 5.41) is 0.819. The van der Waals surface area contributed by atoms with Crippen LogP contribution in [-0.4, -0.2) is 24.6 Å². The van der Waals surface area contributed by atoms with Crippen molar-refractivity contribution in [2.24, 2.45) is 0 Å². The zero-order chi connectivity index (χ0) is 18.4. The number of nitrogens with zero attached hydrogens (tertiary/aromatic N) is 2. The molecule has 0 saturated carbocycles. The van der Waals surface area contributed by atoms with E-state index in [1.54, 1.807) is 0 Å². The van der Waals surface area contributed by atoms with Crippen molar-refractivity contribution < 1.29 is 0 Å². The summed E-state index contributed by atoms with van der Waals surface area (Å²) >= 11 is 4.47. The number of hydrogen-bond donors (Lipinski definition) is 0. The first kappa shape index (κ1) is 19.9. The lowest BCUT2D eigenvalue weighted by Gasteiger charge is -2.40. The van der Waals surface area contributed by atoms with Crippen LogP contribution in [0, 0.1) is 0 Å². The van der Waals surface area contributed by atoms with Crippen molar-refractivity contribution >= 4 is 23.5 Å². The maximum absolute atomic E-state index is 4.17. The smallest absolute Gasteiger partial charge is 0.0945 e. The van der Waals surface area contributed by atoms with Gasteiger partial charge in [0.2, 0.25) is 0 Å². The third kappa shape index (κ3) is 5.32. The fourth-order valence-electron chi connectivity index (χ4n) is 3.65. The van der Waals surface area contributed by atoms with Gasteiger partial charge in [0.05, 0.1) is 10.4 Å². The first-order chi connectivity index (χ1) is 12.6. The van der Waals surface area contributed by atoms with Crippen molar-refractivity contribution in [2.45, 2.75) is 74.7 Å². The number of thioether (sulfide) groups is 2. The minimum Gasteiger partial charge on any atom is -0.337 e. The molecule has 2 nitrogen and oxygen atoms in total. The minimum atomic E-state index is 0.332. The van der Waals surface area contributed by atoms with Gasteiger partial charge in [-0.15, -0.1) is 23.5 Å². The molecule has 1 aliphatic rings. The predicted octanol–water partition coefficient (Wildman–Crippen LogP) is 6.37. The van der Waals surface area contributed by atoms with Gasteiger partial charge in [0, 0.05) is 24.2 Å². The molecule has 2 atom stereocenters. The van der Waals surface area contributed by atoms with Gasteiger partial charge in [-0.2, -0.15) is 0 Å². The van der Waals surface area contributed by atoms with Gasteiger partial charge in [-0.25, -0.2) is 4.98 Å². The average Bonchev–Trinajstić information content (AvgIpc) is 3.16. The van der Waals surface area contributed by atoms with Crippen LogP contribution in [0.2, 0.25) is 0 Å². The zero-order valence-corrected chi connectivity index (χ0v) is 18.0. The van der Waals surface area contributed by atoms with E-state index in [-0.39, 0.29) is 0 Å². The van der Waals surface area contributed by atoms with E-state index in [0.29, 0.717) is 10.00 Å². The van der Waals surface area contributed by atoms with Crippen LogP contribution >= 0.6 is 23.5 Å². The first-order valence-corrected chi connectivity index (χ1v) is 11.8. The van der Waals surface area contributed by atoms with Crippen molar-refractivity contribution in [3.63, 3.8) is 0 Å². The van der Waals surface area contributed by atoms with Gasteiger partial charge in [-0.1, -0.05) is 45.0 Å². The molecule has 0 bridgehead atoms. The van der Waals surface area contributed by atoms with Crippen LogP contribution in [0.5, 0.6) is 0 Å². The molecule has 2 heterocycles. The van der Waals surface area contributed by atoms with Crippen molar-refractivity contribution in [3.8, 4) is 0 Å². The maximum atomic E-state index is 4.17. The van der Waals surface area contributed by atoms with Gasteiger partial charge in [0.1, 0.15) is 0 Å². The molecule has 1 aromatic heterocycles. The van der Waals surface area contributed by atoms with Crippen LogP contribution in [0.15, 0.2) is 43.0 Å². The van der Waals surface area contributed by atoms with E-state index in [0.717, 1.165) is 11.8 Å². The lowest BCUT2D eigenvalue weighted by atomic mass is 9.99. The fourth-order valence-corrected chi connectivity index (χ4v) is 7.59. The number of aromatic nitrogens is 2. The van der Waals surface area contributed by atoms with Crippen LogP contribution in [0.4, 0.5) is 0 Å². The van der Waals surface area contributed by atoms with E-state index in [9.17, 15) is 0 Å². The summed E-state index contributed by atoms with van der Waals surface area (Å²) in [6, 6.07) is 9.39. The quantitative estimate of drug-likeness (QED) is 0.523. The molecule has 3 rings (SSSR count). The van der Waals surface area contributed by atoms with Gasteiger partial charge < -0.3 is 4.57 Å². The molecule has 0 N–H and O–H groups in total. The Labute approximate surface area is 167 Å². The highest BCUT2D eigenvalue weighted by Crippen LogP contribution is 2.51. The molecule has 1 aliphatic heterocycles. The summed E-state index contributed by atoms with van der Waals surface area (Å²) < 4.78 is 2.54. The van der Waals surface area contributed by atoms with Crippen molar-refractivity contribution in [3.05, 3.63) is 54.1 Å². The van der Waals surface area contributed by atoms with Crippen molar-refractivity contribution in [2.75, 3.05) is 5.75 Å². The molecule has 1 fully saturated rings. The van der Waals surface area contributed by atoms with E-state index >= 15 is 0 Å². The highest BCUT2D eigenvalue weighted by molar-refractivity contribution is 8.19. The molecule has 0 aliphatic carbocycles. The summed E-state index contributed by atoms with van der Waals surface area (Å²) in [5.41, 5.74) is 2.94. The second kappa shape index (κ2) is 9.36. The second-order valence-electron chi connectivity index (χ2n) is 7.67. The molecular weight excluding hydrogens is 356 g/mol. The Morgan fingerprint density at radius 1 is 1.27 bits per heavy atom. The SMILES string of the molecule is CCC1CCSC(CCCn2ccnc2)(Cc2ccc(C(C)C)cc2)S1. The number of aryl methyl sites for hydroxylation is 1. The number of benzene rings is 1. The first-order valence-electron chi connectivity index (χ1n) is 9.96. The van der Waals surface area contributed by atoms with Gasteiger partial charge >= 0.3 is 0 Å². The molecular formula is C22H32N2S2. The third-order valence-electron chi connectivity index (χ3n) is 5.29. The maximum Gasteiger partial charge on any atom is 0.0945 e. The third-order valence-corrected chi connectivity index (χ3v) is 8.93. The molecule has 4 heteroatoms. The van der Waals surface area contributed by atoms with Crippen molar-refractivity contribution in [1.29, 1.82) is 0 Å². The Morgan fingerprint density at radius 2 is 2.08 bits per heavy atom. The Balaban J connectivity index is 1.69. The van der Waals surface area contributed by atoms with Gasteiger partial charge in [-0.05, 0) is 54.9 Å². The Kier molecular flexibility index (Phi) is 7.16. The zero-order valence-electron chi connectivity index (χ0n) is 16.4. The van der Waals surface area contributed by atoms with E-state index < -0.39 is 0 Å². The normalized spacial score (nSPS) is 23.5. The predicted molar refractivity (Wildman–Crippen MR) is 117 cm³/mol. The topological polar surface area (TPSA) is 17.8 Å². The van der Waals surface area contributed by atoms with Crippen LogP contribution in [0.3, 0.4) is 0 Å². The molecule has 142 valence electrons. The average molecular weight is 389 g/mol. The summed E-state index contributed by atoms with van der Waals surface area (Å²) in [4.78, 5) is 4.17. The van der Waals surface area contributed by atoms with E-state index in [4.69, 9.17) is 0 Å². The Bertz CT molecular complexity index is 651. The van der Waals surface area contributed by atoms with Crippen molar-refractivity contribution in [1.82, 2.24) is 9.55 Å². The minimum absolute atomic E-state index is 0.332. The molecule has 26 heavy (non-hydrogen) atoms. The lowest BCUT2D eigenvalue weighted by Crippen LogP contribution is -2.32. The molecule has 1 saturated heterocycles. The van der Waals surface area contributed by atoms with Gasteiger partial charge in [-0.3, -0.25) is 0 Å². The van der Waals surface area contributed by atoms with Gasteiger partial charge in [0.25, 0.3) is 0 Å². The monoisotopic (exact) mass is 388 g/mol. The van der Waals surface area contributed by atoms with Crippen LogP contribution < -0.4 is 0 Å². The molecule has 1 aromatic carbocycles.